The number of nitrogens with zero attached hydrogens (tertiary/aromatic N) is 1. The molecule has 1 aromatic heterocycles. The molecule has 1 N–H and O–H groups in total. The Hall–Kier alpha value is -1.29. The molecule has 0 saturated carbocycles. The standard InChI is InChI=1S/C14H16BrFN2/c1-2-6-18-7-5-11(10-18)9-17-14-8-12(15)3-4-13(14)16/h3-5,7-8,10,17H,2,6,9H2,1H3. The molecule has 0 bridgehead atoms. The molecule has 0 aliphatic heterocycles. The van der Waals surface area contributed by atoms with Crippen LogP contribution in [0.2, 0.25) is 0 Å². The van der Waals surface area contributed by atoms with Crippen molar-refractivity contribution in [2.45, 2.75) is 26.4 Å². The van der Waals surface area contributed by atoms with Crippen molar-refractivity contribution in [2.24, 2.45) is 0 Å². The quantitative estimate of drug-likeness (QED) is 0.865. The second-order valence-corrected chi connectivity index (χ2v) is 5.15. The molecule has 0 spiro atoms. The third-order valence-electron chi connectivity index (χ3n) is 2.70. The molecule has 0 saturated heterocycles. The molecule has 1 aromatic carbocycles. The number of hydrogen-bond donors (Lipinski definition) is 1. The summed E-state index contributed by atoms with van der Waals surface area (Å²) < 4.78 is 16.5. The molecular formula is C14H16BrFN2. The van der Waals surface area contributed by atoms with E-state index in [2.05, 4.69) is 51.2 Å². The fraction of sp³-hybridized carbons (Fsp3) is 0.286. The first kappa shape index (κ1) is 13.1. The molecular weight excluding hydrogens is 295 g/mol. The van der Waals surface area contributed by atoms with E-state index in [1.807, 2.05) is 0 Å². The van der Waals surface area contributed by atoms with E-state index in [4.69, 9.17) is 0 Å². The van der Waals surface area contributed by atoms with Crippen LogP contribution in [-0.2, 0) is 13.1 Å². The second kappa shape index (κ2) is 6.05. The molecule has 2 nitrogen and oxygen atoms in total. The molecule has 18 heavy (non-hydrogen) atoms. The lowest BCUT2D eigenvalue weighted by Crippen LogP contribution is -2.01. The third kappa shape index (κ3) is 3.35. The zero-order valence-corrected chi connectivity index (χ0v) is 11.9. The Bertz CT molecular complexity index is 522. The highest BCUT2D eigenvalue weighted by Crippen LogP contribution is 2.20. The molecule has 4 heteroatoms. The summed E-state index contributed by atoms with van der Waals surface area (Å²) in [7, 11) is 0. The van der Waals surface area contributed by atoms with E-state index in [0.29, 0.717) is 12.2 Å². The molecule has 0 amide bonds. The maximum absolute atomic E-state index is 13.5. The van der Waals surface area contributed by atoms with Crippen molar-refractivity contribution >= 4 is 21.6 Å². The van der Waals surface area contributed by atoms with E-state index in [-0.39, 0.29) is 5.82 Å². The number of aromatic nitrogens is 1. The molecule has 0 aliphatic carbocycles. The molecule has 0 aliphatic rings. The van der Waals surface area contributed by atoms with Crippen LogP contribution in [0.3, 0.4) is 0 Å². The topological polar surface area (TPSA) is 17.0 Å². The van der Waals surface area contributed by atoms with E-state index >= 15 is 0 Å². The van der Waals surface area contributed by atoms with Crippen molar-refractivity contribution in [1.82, 2.24) is 4.57 Å². The first-order chi connectivity index (χ1) is 8.69. The van der Waals surface area contributed by atoms with Gasteiger partial charge in [0.1, 0.15) is 5.82 Å². The van der Waals surface area contributed by atoms with Crippen LogP contribution < -0.4 is 5.32 Å². The Balaban J connectivity index is 1.99. The summed E-state index contributed by atoms with van der Waals surface area (Å²) in [4.78, 5) is 0. The summed E-state index contributed by atoms with van der Waals surface area (Å²) >= 11 is 3.34. The zero-order chi connectivity index (χ0) is 13.0. The number of hydrogen-bond acceptors (Lipinski definition) is 1. The van der Waals surface area contributed by atoms with E-state index in [1.165, 1.54) is 6.07 Å². The second-order valence-electron chi connectivity index (χ2n) is 4.24. The van der Waals surface area contributed by atoms with Gasteiger partial charge < -0.3 is 9.88 Å². The Morgan fingerprint density at radius 2 is 2.17 bits per heavy atom. The van der Waals surface area contributed by atoms with Crippen LogP contribution >= 0.6 is 15.9 Å². The minimum absolute atomic E-state index is 0.230. The Morgan fingerprint density at radius 1 is 1.33 bits per heavy atom. The van der Waals surface area contributed by atoms with Gasteiger partial charge in [-0.05, 0) is 36.2 Å². The molecule has 0 fully saturated rings. The number of anilines is 1. The number of halogens is 2. The van der Waals surface area contributed by atoms with Crippen LogP contribution in [0.25, 0.3) is 0 Å². The largest absolute Gasteiger partial charge is 0.379 e. The van der Waals surface area contributed by atoms with Gasteiger partial charge in [0.25, 0.3) is 0 Å². The van der Waals surface area contributed by atoms with Crippen molar-refractivity contribution < 1.29 is 4.39 Å². The average Bonchev–Trinajstić information content (AvgIpc) is 2.79. The molecule has 2 rings (SSSR count). The molecule has 2 aromatic rings. The lowest BCUT2D eigenvalue weighted by molar-refractivity contribution is 0.630. The molecule has 0 atom stereocenters. The van der Waals surface area contributed by atoms with Crippen LogP contribution in [0, 0.1) is 5.82 Å². The number of nitrogens with one attached hydrogen (secondary N) is 1. The fourth-order valence-electron chi connectivity index (χ4n) is 1.82. The highest BCUT2D eigenvalue weighted by atomic mass is 79.9. The number of aryl methyl sites for hydroxylation is 1. The summed E-state index contributed by atoms with van der Waals surface area (Å²) in [6, 6.07) is 6.95. The normalized spacial score (nSPS) is 10.6. The van der Waals surface area contributed by atoms with E-state index in [9.17, 15) is 4.39 Å². The van der Waals surface area contributed by atoms with Gasteiger partial charge in [-0.3, -0.25) is 0 Å². The summed E-state index contributed by atoms with van der Waals surface area (Å²) in [5, 5.41) is 3.11. The maximum atomic E-state index is 13.5. The highest BCUT2D eigenvalue weighted by Gasteiger charge is 2.03. The Kier molecular flexibility index (Phi) is 4.42. The maximum Gasteiger partial charge on any atom is 0.146 e. The van der Waals surface area contributed by atoms with Crippen LogP contribution in [0.15, 0.2) is 41.1 Å². The summed E-state index contributed by atoms with van der Waals surface area (Å²) in [5.41, 5.74) is 1.68. The van der Waals surface area contributed by atoms with Crippen molar-refractivity contribution in [1.29, 1.82) is 0 Å². The first-order valence-corrected chi connectivity index (χ1v) is 6.82. The highest BCUT2D eigenvalue weighted by molar-refractivity contribution is 9.10. The van der Waals surface area contributed by atoms with Crippen LogP contribution in [0.4, 0.5) is 10.1 Å². The van der Waals surface area contributed by atoms with E-state index < -0.39 is 0 Å². The number of rotatable bonds is 5. The molecule has 96 valence electrons. The molecule has 0 unspecified atom stereocenters. The SMILES string of the molecule is CCCn1ccc(CNc2cc(Br)ccc2F)c1. The van der Waals surface area contributed by atoms with Crippen LogP contribution in [-0.4, -0.2) is 4.57 Å². The van der Waals surface area contributed by atoms with Crippen LogP contribution in [0.5, 0.6) is 0 Å². The summed E-state index contributed by atoms with van der Waals surface area (Å²) in [6.07, 6.45) is 5.26. The van der Waals surface area contributed by atoms with Crippen molar-refractivity contribution in [2.75, 3.05) is 5.32 Å². The molecule has 1 heterocycles. The Morgan fingerprint density at radius 3 is 2.94 bits per heavy atom. The van der Waals surface area contributed by atoms with E-state index in [1.54, 1.807) is 12.1 Å². The Labute approximate surface area is 115 Å². The van der Waals surface area contributed by atoms with Crippen LogP contribution in [0.1, 0.15) is 18.9 Å². The lowest BCUT2D eigenvalue weighted by Gasteiger charge is -2.07. The monoisotopic (exact) mass is 310 g/mol. The lowest BCUT2D eigenvalue weighted by atomic mass is 10.3. The van der Waals surface area contributed by atoms with Crippen molar-refractivity contribution in [3.05, 3.63) is 52.5 Å². The van der Waals surface area contributed by atoms with Crippen molar-refractivity contribution in [3.8, 4) is 0 Å². The first-order valence-electron chi connectivity index (χ1n) is 6.02. The average molecular weight is 311 g/mol. The predicted molar refractivity (Wildman–Crippen MR) is 76.1 cm³/mol. The minimum atomic E-state index is -0.230. The minimum Gasteiger partial charge on any atom is -0.379 e. The van der Waals surface area contributed by atoms with E-state index in [0.717, 1.165) is 23.0 Å². The number of benzene rings is 1. The van der Waals surface area contributed by atoms with Gasteiger partial charge in [-0.15, -0.1) is 0 Å². The third-order valence-corrected chi connectivity index (χ3v) is 3.20. The fourth-order valence-corrected chi connectivity index (χ4v) is 2.18. The van der Waals surface area contributed by atoms with Gasteiger partial charge >= 0.3 is 0 Å². The zero-order valence-electron chi connectivity index (χ0n) is 10.3. The predicted octanol–water partition coefficient (Wildman–Crippen LogP) is 4.41. The summed E-state index contributed by atoms with van der Waals surface area (Å²) in [5.74, 6) is -0.230. The molecule has 0 radical (unpaired) electrons. The van der Waals surface area contributed by atoms with Gasteiger partial charge in [-0.25, -0.2) is 4.39 Å². The smallest absolute Gasteiger partial charge is 0.146 e. The van der Waals surface area contributed by atoms with Gasteiger partial charge in [0.2, 0.25) is 0 Å². The van der Waals surface area contributed by atoms with Gasteiger partial charge in [0.05, 0.1) is 5.69 Å². The summed E-state index contributed by atoms with van der Waals surface area (Å²) in [6.45, 7) is 3.80. The van der Waals surface area contributed by atoms with Gasteiger partial charge in [-0.2, -0.15) is 0 Å². The van der Waals surface area contributed by atoms with Gasteiger partial charge in [0, 0.05) is 30.0 Å². The van der Waals surface area contributed by atoms with Crippen molar-refractivity contribution in [3.63, 3.8) is 0 Å². The van der Waals surface area contributed by atoms with Gasteiger partial charge in [-0.1, -0.05) is 22.9 Å². The van der Waals surface area contributed by atoms with Gasteiger partial charge in [0.15, 0.2) is 0 Å².